The Labute approximate surface area is 167 Å². The van der Waals surface area contributed by atoms with Gasteiger partial charge in [-0.15, -0.1) is 0 Å². The molecule has 1 amide bonds. The van der Waals surface area contributed by atoms with Crippen LogP contribution in [0.5, 0.6) is 0 Å². The number of para-hydroxylation sites is 1. The molecule has 3 aromatic rings. The van der Waals surface area contributed by atoms with E-state index in [1.54, 1.807) is 31.4 Å². The molecule has 1 N–H and O–H groups in total. The molecule has 2 heterocycles. The number of amides is 1. The van der Waals surface area contributed by atoms with Gasteiger partial charge in [0.2, 0.25) is 5.91 Å². The molecule has 0 saturated heterocycles. The van der Waals surface area contributed by atoms with Crippen LogP contribution in [-0.2, 0) is 9.53 Å². The smallest absolute Gasteiger partial charge is 0.267 e. The molecule has 2 aromatic heterocycles. The zero-order valence-electron chi connectivity index (χ0n) is 16.0. The monoisotopic (exact) mass is 398 g/mol. The maximum atomic E-state index is 13.1. The first-order valence-corrected chi connectivity index (χ1v) is 9.85. The van der Waals surface area contributed by atoms with E-state index in [1.165, 1.54) is 16.3 Å². The molecular weight excluding hydrogens is 376 g/mol. The lowest BCUT2D eigenvalue weighted by molar-refractivity contribution is -0.119. The van der Waals surface area contributed by atoms with Gasteiger partial charge >= 0.3 is 0 Å². The Hall–Kier alpha value is -2.71. The van der Waals surface area contributed by atoms with Crippen LogP contribution >= 0.6 is 11.8 Å². The molecule has 28 heavy (non-hydrogen) atoms. The lowest BCUT2D eigenvalue weighted by Crippen LogP contribution is -2.36. The molecule has 146 valence electrons. The van der Waals surface area contributed by atoms with Crippen molar-refractivity contribution in [2.45, 2.75) is 25.0 Å². The number of carbonyl (C=O) groups is 1. The number of benzene rings is 1. The standard InChI is InChI=1S/C20H22N4O3S/c1-13-7-6-10-17(21-13)24-19(26)15-8-4-5-9-16(15)23-20(24)28-12-18(25)22-14(2)11-27-3/h4-10,14H,11-12H2,1-3H3,(H,22,25)/t14-/m1/s1. The zero-order valence-corrected chi connectivity index (χ0v) is 16.8. The van der Waals surface area contributed by atoms with Crippen LogP contribution < -0.4 is 10.9 Å². The van der Waals surface area contributed by atoms with E-state index in [9.17, 15) is 9.59 Å². The molecule has 0 saturated carbocycles. The van der Waals surface area contributed by atoms with Gasteiger partial charge in [0, 0.05) is 18.8 Å². The van der Waals surface area contributed by atoms with E-state index in [2.05, 4.69) is 15.3 Å². The molecule has 0 fully saturated rings. The molecule has 8 heteroatoms. The van der Waals surface area contributed by atoms with Crippen LogP contribution in [0.25, 0.3) is 16.7 Å². The number of methoxy groups -OCH3 is 1. The van der Waals surface area contributed by atoms with Gasteiger partial charge in [0.1, 0.15) is 5.82 Å². The SMILES string of the molecule is COC[C@@H](C)NC(=O)CSc1nc2ccccc2c(=O)n1-c1cccc(C)n1. The van der Waals surface area contributed by atoms with Gasteiger partial charge in [-0.05, 0) is 38.1 Å². The highest BCUT2D eigenvalue weighted by Crippen LogP contribution is 2.20. The summed E-state index contributed by atoms with van der Waals surface area (Å²) in [6.45, 7) is 4.16. The van der Waals surface area contributed by atoms with Gasteiger partial charge in [-0.25, -0.2) is 14.5 Å². The topological polar surface area (TPSA) is 86.1 Å². The summed E-state index contributed by atoms with van der Waals surface area (Å²) in [5.74, 6) is 0.463. The summed E-state index contributed by atoms with van der Waals surface area (Å²) >= 11 is 1.20. The number of carbonyl (C=O) groups excluding carboxylic acids is 1. The largest absolute Gasteiger partial charge is 0.383 e. The molecule has 0 radical (unpaired) electrons. The Kier molecular flexibility index (Phi) is 6.43. The Morgan fingerprint density at radius 1 is 1.21 bits per heavy atom. The third-order valence-corrected chi connectivity index (χ3v) is 4.94. The number of hydrogen-bond donors (Lipinski definition) is 1. The Morgan fingerprint density at radius 2 is 2.00 bits per heavy atom. The number of pyridine rings is 1. The second-order valence-electron chi connectivity index (χ2n) is 6.40. The minimum Gasteiger partial charge on any atom is -0.383 e. The lowest BCUT2D eigenvalue weighted by Gasteiger charge is -2.14. The third kappa shape index (κ3) is 4.58. The molecule has 0 aliphatic heterocycles. The number of aromatic nitrogens is 3. The fourth-order valence-corrected chi connectivity index (χ4v) is 3.61. The summed E-state index contributed by atoms with van der Waals surface area (Å²) in [5, 5.41) is 3.79. The fourth-order valence-electron chi connectivity index (χ4n) is 2.80. The molecule has 3 rings (SSSR count). The summed E-state index contributed by atoms with van der Waals surface area (Å²) in [7, 11) is 1.59. The summed E-state index contributed by atoms with van der Waals surface area (Å²) in [5.41, 5.74) is 1.17. The lowest BCUT2D eigenvalue weighted by atomic mass is 10.2. The normalized spacial score (nSPS) is 12.1. The first-order chi connectivity index (χ1) is 13.5. The minimum absolute atomic E-state index is 0.0942. The number of nitrogens with zero attached hydrogens (tertiary/aromatic N) is 3. The van der Waals surface area contributed by atoms with Crippen molar-refractivity contribution in [3.05, 3.63) is 58.5 Å². The van der Waals surface area contributed by atoms with Crippen molar-refractivity contribution >= 4 is 28.6 Å². The zero-order chi connectivity index (χ0) is 20.1. The molecule has 0 aliphatic carbocycles. The number of hydrogen-bond acceptors (Lipinski definition) is 6. The van der Waals surface area contributed by atoms with Crippen molar-refractivity contribution in [1.29, 1.82) is 0 Å². The highest BCUT2D eigenvalue weighted by Gasteiger charge is 2.16. The fraction of sp³-hybridized carbons (Fsp3) is 0.300. The van der Waals surface area contributed by atoms with Crippen LogP contribution in [0.1, 0.15) is 12.6 Å². The first-order valence-electron chi connectivity index (χ1n) is 8.86. The quantitative estimate of drug-likeness (QED) is 0.486. The number of rotatable bonds is 7. The molecule has 1 aromatic carbocycles. The maximum absolute atomic E-state index is 13.1. The van der Waals surface area contributed by atoms with Crippen molar-refractivity contribution in [2.24, 2.45) is 0 Å². The molecular formula is C20H22N4O3S. The number of nitrogens with one attached hydrogen (secondary N) is 1. The summed E-state index contributed by atoms with van der Waals surface area (Å²) in [6.07, 6.45) is 0. The average molecular weight is 398 g/mol. The second-order valence-corrected chi connectivity index (χ2v) is 7.34. The highest BCUT2D eigenvalue weighted by molar-refractivity contribution is 7.99. The van der Waals surface area contributed by atoms with Crippen LogP contribution in [0.3, 0.4) is 0 Å². The van der Waals surface area contributed by atoms with Gasteiger partial charge in [0.05, 0.1) is 23.3 Å². The van der Waals surface area contributed by atoms with E-state index >= 15 is 0 Å². The number of thioether (sulfide) groups is 1. The first kappa shape index (κ1) is 20.0. The predicted octanol–water partition coefficient (Wildman–Crippen LogP) is 2.33. The van der Waals surface area contributed by atoms with Crippen LogP contribution in [0.4, 0.5) is 0 Å². The highest BCUT2D eigenvalue weighted by atomic mass is 32.2. The minimum atomic E-state index is -0.209. The Bertz CT molecular complexity index is 1050. The van der Waals surface area contributed by atoms with Crippen LogP contribution in [0, 0.1) is 6.92 Å². The van der Waals surface area contributed by atoms with Gasteiger partial charge in [0.15, 0.2) is 5.16 Å². The van der Waals surface area contributed by atoms with Gasteiger partial charge in [-0.3, -0.25) is 9.59 Å². The average Bonchev–Trinajstić information content (AvgIpc) is 2.66. The van der Waals surface area contributed by atoms with Crippen molar-refractivity contribution in [2.75, 3.05) is 19.5 Å². The van der Waals surface area contributed by atoms with Gasteiger partial charge < -0.3 is 10.1 Å². The van der Waals surface area contributed by atoms with Crippen molar-refractivity contribution in [3.63, 3.8) is 0 Å². The van der Waals surface area contributed by atoms with Gasteiger partial charge in [0.25, 0.3) is 5.56 Å². The predicted molar refractivity (Wildman–Crippen MR) is 110 cm³/mol. The molecule has 1 atom stereocenters. The molecule has 7 nitrogen and oxygen atoms in total. The summed E-state index contributed by atoms with van der Waals surface area (Å²) in [4.78, 5) is 34.4. The van der Waals surface area contributed by atoms with Crippen LogP contribution in [0.2, 0.25) is 0 Å². The van der Waals surface area contributed by atoms with E-state index in [-0.39, 0.29) is 23.3 Å². The number of aryl methyl sites for hydroxylation is 1. The Morgan fingerprint density at radius 3 is 2.75 bits per heavy atom. The van der Waals surface area contributed by atoms with E-state index < -0.39 is 0 Å². The molecule has 0 bridgehead atoms. The maximum Gasteiger partial charge on any atom is 0.267 e. The van der Waals surface area contributed by atoms with E-state index in [4.69, 9.17) is 4.74 Å². The van der Waals surface area contributed by atoms with Crippen molar-refractivity contribution in [1.82, 2.24) is 19.9 Å². The van der Waals surface area contributed by atoms with Gasteiger partial charge in [-0.2, -0.15) is 0 Å². The van der Waals surface area contributed by atoms with E-state index in [1.807, 2.05) is 32.0 Å². The van der Waals surface area contributed by atoms with Crippen LogP contribution in [-0.4, -0.2) is 46.0 Å². The molecule has 0 spiro atoms. The number of ether oxygens (including phenoxy) is 1. The van der Waals surface area contributed by atoms with E-state index in [0.29, 0.717) is 28.5 Å². The molecule has 0 unspecified atom stereocenters. The van der Waals surface area contributed by atoms with Gasteiger partial charge in [-0.1, -0.05) is 30.0 Å². The van der Waals surface area contributed by atoms with E-state index in [0.717, 1.165) is 5.69 Å². The third-order valence-electron chi connectivity index (χ3n) is 4.00. The second kappa shape index (κ2) is 8.99. The summed E-state index contributed by atoms with van der Waals surface area (Å²) < 4.78 is 6.50. The number of fused-ring (bicyclic) bond motifs is 1. The van der Waals surface area contributed by atoms with Crippen LogP contribution in [0.15, 0.2) is 52.4 Å². The Balaban J connectivity index is 1.97. The van der Waals surface area contributed by atoms with Crippen molar-refractivity contribution in [3.8, 4) is 5.82 Å². The molecule has 0 aliphatic rings. The van der Waals surface area contributed by atoms with Crippen molar-refractivity contribution < 1.29 is 9.53 Å². The summed E-state index contributed by atoms with van der Waals surface area (Å²) in [6, 6.07) is 12.5.